The molecule has 0 spiro atoms. The molecule has 9 heteroatoms. The number of carbonyl (C=O) groups is 2. The molecule has 1 aliphatic rings. The number of phenolic OH excluding ortho intramolecular Hbond substituents is 1. The second-order valence-corrected chi connectivity index (χ2v) is 8.08. The third-order valence-electron chi connectivity index (χ3n) is 6.01. The molecule has 1 atom stereocenters. The van der Waals surface area contributed by atoms with Crippen LogP contribution in [-0.4, -0.2) is 49.8 Å². The molecule has 1 heterocycles. The highest BCUT2D eigenvalue weighted by Gasteiger charge is 2.48. The van der Waals surface area contributed by atoms with Crippen LogP contribution in [0.1, 0.15) is 24.1 Å². The Bertz CT molecular complexity index is 1360. The van der Waals surface area contributed by atoms with Gasteiger partial charge in [0.25, 0.3) is 11.7 Å². The van der Waals surface area contributed by atoms with Gasteiger partial charge in [-0.05, 0) is 48.9 Å². The van der Waals surface area contributed by atoms with Gasteiger partial charge in [-0.15, -0.1) is 0 Å². The van der Waals surface area contributed by atoms with Crippen LogP contribution in [0.4, 0.5) is 5.69 Å². The number of benzene rings is 3. The van der Waals surface area contributed by atoms with E-state index in [0.717, 1.165) is 4.90 Å². The van der Waals surface area contributed by atoms with Crippen LogP contribution in [0, 0.1) is 0 Å². The number of aromatic hydroxyl groups is 1. The normalized spacial score (nSPS) is 16.5. The van der Waals surface area contributed by atoms with E-state index in [1.54, 1.807) is 48.5 Å². The van der Waals surface area contributed by atoms with Gasteiger partial charge in [-0.3, -0.25) is 14.5 Å². The molecule has 1 saturated heterocycles. The van der Waals surface area contributed by atoms with E-state index in [1.807, 2.05) is 6.92 Å². The maximum absolute atomic E-state index is 13.4. The van der Waals surface area contributed by atoms with Crippen molar-refractivity contribution < 1.29 is 38.7 Å². The summed E-state index contributed by atoms with van der Waals surface area (Å²) in [6.45, 7) is 2.24. The zero-order valence-electron chi connectivity index (χ0n) is 20.8. The van der Waals surface area contributed by atoms with Gasteiger partial charge in [0, 0.05) is 5.56 Å². The fourth-order valence-electron chi connectivity index (χ4n) is 4.38. The van der Waals surface area contributed by atoms with Crippen LogP contribution in [0.3, 0.4) is 0 Å². The van der Waals surface area contributed by atoms with Crippen LogP contribution in [0.5, 0.6) is 28.7 Å². The van der Waals surface area contributed by atoms with E-state index >= 15 is 0 Å². The summed E-state index contributed by atoms with van der Waals surface area (Å²) < 4.78 is 21.9. The summed E-state index contributed by atoms with van der Waals surface area (Å²) in [5.41, 5.74) is 0.611. The van der Waals surface area contributed by atoms with Gasteiger partial charge in [0.2, 0.25) is 5.75 Å². The van der Waals surface area contributed by atoms with Crippen LogP contribution in [-0.2, 0) is 9.59 Å². The van der Waals surface area contributed by atoms with Crippen LogP contribution in [0.15, 0.2) is 66.2 Å². The van der Waals surface area contributed by atoms with E-state index < -0.39 is 23.5 Å². The Labute approximate surface area is 214 Å². The molecule has 37 heavy (non-hydrogen) atoms. The van der Waals surface area contributed by atoms with Crippen molar-refractivity contribution in [2.24, 2.45) is 0 Å². The first-order valence-corrected chi connectivity index (χ1v) is 11.5. The summed E-state index contributed by atoms with van der Waals surface area (Å²) in [6.07, 6.45) is 0. The number of methoxy groups -OCH3 is 3. The molecule has 0 radical (unpaired) electrons. The van der Waals surface area contributed by atoms with Crippen molar-refractivity contribution in [1.82, 2.24) is 0 Å². The molecule has 0 bridgehead atoms. The average molecular weight is 506 g/mol. The molecule has 1 unspecified atom stereocenters. The number of phenols is 1. The average Bonchev–Trinajstić information content (AvgIpc) is 3.17. The number of hydrogen-bond donors (Lipinski definition) is 2. The van der Waals surface area contributed by atoms with Gasteiger partial charge >= 0.3 is 0 Å². The number of rotatable bonds is 8. The predicted molar refractivity (Wildman–Crippen MR) is 137 cm³/mol. The molecule has 4 rings (SSSR count). The monoisotopic (exact) mass is 505 g/mol. The zero-order valence-corrected chi connectivity index (χ0v) is 20.8. The van der Waals surface area contributed by atoms with Gasteiger partial charge in [-0.2, -0.15) is 0 Å². The highest BCUT2D eigenvalue weighted by Crippen LogP contribution is 2.48. The van der Waals surface area contributed by atoms with Gasteiger partial charge in [-0.1, -0.05) is 24.3 Å². The van der Waals surface area contributed by atoms with Crippen molar-refractivity contribution in [1.29, 1.82) is 0 Å². The minimum absolute atomic E-state index is 0.102. The fraction of sp³-hybridized carbons (Fsp3) is 0.214. The summed E-state index contributed by atoms with van der Waals surface area (Å²) >= 11 is 0. The number of carbonyl (C=O) groups excluding carboxylic acids is 2. The van der Waals surface area contributed by atoms with E-state index in [9.17, 15) is 19.8 Å². The van der Waals surface area contributed by atoms with E-state index in [0.29, 0.717) is 29.2 Å². The van der Waals surface area contributed by atoms with Gasteiger partial charge in [-0.25, -0.2) is 0 Å². The van der Waals surface area contributed by atoms with Crippen molar-refractivity contribution in [3.8, 4) is 28.7 Å². The number of hydrogen-bond acceptors (Lipinski definition) is 8. The number of anilines is 1. The molecular weight excluding hydrogens is 478 g/mol. The zero-order chi connectivity index (χ0) is 26.7. The summed E-state index contributed by atoms with van der Waals surface area (Å²) in [5.74, 6) is -1.04. The van der Waals surface area contributed by atoms with E-state index in [-0.39, 0.29) is 28.5 Å². The molecule has 0 aromatic heterocycles. The molecule has 1 amide bonds. The highest BCUT2D eigenvalue weighted by molar-refractivity contribution is 6.52. The molecule has 9 nitrogen and oxygen atoms in total. The lowest BCUT2D eigenvalue weighted by Gasteiger charge is -2.27. The first-order chi connectivity index (χ1) is 17.9. The fourth-order valence-corrected chi connectivity index (χ4v) is 4.38. The van der Waals surface area contributed by atoms with Crippen molar-refractivity contribution in [3.05, 3.63) is 77.4 Å². The largest absolute Gasteiger partial charge is 0.507 e. The molecule has 3 aromatic carbocycles. The molecule has 3 aromatic rings. The van der Waals surface area contributed by atoms with E-state index in [4.69, 9.17) is 18.9 Å². The predicted octanol–water partition coefficient (Wildman–Crippen LogP) is 4.44. The number of Topliss-reactive ketones (excluding diaryl/α,β-unsaturated/α-hetero) is 1. The third-order valence-corrected chi connectivity index (χ3v) is 6.01. The molecule has 2 N–H and O–H groups in total. The number of ketones is 1. The summed E-state index contributed by atoms with van der Waals surface area (Å²) in [6, 6.07) is 14.8. The molecule has 0 aliphatic carbocycles. The van der Waals surface area contributed by atoms with Crippen LogP contribution < -0.4 is 23.8 Å². The molecular formula is C28H27NO8. The molecule has 1 fully saturated rings. The third kappa shape index (κ3) is 4.51. The summed E-state index contributed by atoms with van der Waals surface area (Å²) in [4.78, 5) is 28.0. The summed E-state index contributed by atoms with van der Waals surface area (Å²) in [7, 11) is 4.35. The molecule has 192 valence electrons. The van der Waals surface area contributed by atoms with Crippen molar-refractivity contribution >= 4 is 23.1 Å². The van der Waals surface area contributed by atoms with Crippen LogP contribution in [0.25, 0.3) is 5.76 Å². The Kier molecular flexibility index (Phi) is 7.24. The lowest BCUT2D eigenvalue weighted by Crippen LogP contribution is -2.29. The van der Waals surface area contributed by atoms with Crippen LogP contribution >= 0.6 is 0 Å². The standard InChI is InChI=1S/C28H27NO8/c1-5-37-18-10-8-9-16(13-18)25(31)23-24(17-14-21(34-2)27(36-4)22(15-17)35-3)29(28(33)26(23)32)19-11-6-7-12-20(19)30/h6-15,24,30-31H,5H2,1-4H3/b25-23+. The van der Waals surface area contributed by atoms with Crippen LogP contribution in [0.2, 0.25) is 0 Å². The second-order valence-electron chi connectivity index (χ2n) is 8.08. The lowest BCUT2D eigenvalue weighted by atomic mass is 9.94. The molecule has 0 saturated carbocycles. The number of nitrogens with zero attached hydrogens (tertiary/aromatic N) is 1. The van der Waals surface area contributed by atoms with Gasteiger partial charge in [0.15, 0.2) is 11.5 Å². The van der Waals surface area contributed by atoms with E-state index in [1.165, 1.54) is 33.5 Å². The number of aliphatic hydroxyl groups is 1. The van der Waals surface area contributed by atoms with Gasteiger partial charge in [0.05, 0.1) is 45.2 Å². The maximum Gasteiger partial charge on any atom is 0.300 e. The highest BCUT2D eigenvalue weighted by atomic mass is 16.5. The molecule has 1 aliphatic heterocycles. The Morgan fingerprint density at radius 2 is 1.59 bits per heavy atom. The topological polar surface area (TPSA) is 115 Å². The minimum Gasteiger partial charge on any atom is -0.507 e. The smallest absolute Gasteiger partial charge is 0.300 e. The minimum atomic E-state index is -1.13. The Hall–Kier alpha value is -4.66. The van der Waals surface area contributed by atoms with Gasteiger partial charge in [0.1, 0.15) is 17.3 Å². The number of ether oxygens (including phenoxy) is 4. The Balaban J connectivity index is 2.02. The Morgan fingerprint density at radius 1 is 0.919 bits per heavy atom. The summed E-state index contributed by atoms with van der Waals surface area (Å²) in [5, 5.41) is 22.0. The van der Waals surface area contributed by atoms with Crippen molar-refractivity contribution in [3.63, 3.8) is 0 Å². The Morgan fingerprint density at radius 3 is 2.19 bits per heavy atom. The first-order valence-electron chi connectivity index (χ1n) is 11.5. The number of aliphatic hydroxyl groups excluding tert-OH is 1. The van der Waals surface area contributed by atoms with Crippen molar-refractivity contribution in [2.45, 2.75) is 13.0 Å². The SMILES string of the molecule is CCOc1cccc(/C(O)=C2\C(=O)C(=O)N(c3ccccc3O)C2c2cc(OC)c(OC)c(OC)c2)c1. The lowest BCUT2D eigenvalue weighted by molar-refractivity contribution is -0.132. The second kappa shape index (κ2) is 10.5. The van der Waals surface area contributed by atoms with Crippen molar-refractivity contribution in [2.75, 3.05) is 32.8 Å². The van der Waals surface area contributed by atoms with E-state index in [2.05, 4.69) is 0 Å². The number of para-hydroxylation sites is 2. The number of amides is 1. The van der Waals surface area contributed by atoms with Gasteiger partial charge < -0.3 is 29.2 Å². The maximum atomic E-state index is 13.4. The quantitative estimate of drug-likeness (QED) is 0.262. The first kappa shape index (κ1) is 25.4.